The Hall–Kier alpha value is -3.73. The summed E-state index contributed by atoms with van der Waals surface area (Å²) in [6.07, 6.45) is 0. The van der Waals surface area contributed by atoms with Crippen LogP contribution in [-0.2, 0) is 6.61 Å². The van der Waals surface area contributed by atoms with E-state index in [1.165, 1.54) is 0 Å². The number of hydrogen-bond donors (Lipinski definition) is 2. The Morgan fingerprint density at radius 3 is 2.45 bits per heavy atom. The fourth-order valence-electron chi connectivity index (χ4n) is 3.32. The average Bonchev–Trinajstić information content (AvgIpc) is 3.04. The molecule has 29 heavy (non-hydrogen) atoms. The van der Waals surface area contributed by atoms with Crippen molar-refractivity contribution in [2.24, 2.45) is 0 Å². The highest BCUT2D eigenvalue weighted by atomic mass is 16.5. The largest absolute Gasteiger partial charge is 0.488 e. The van der Waals surface area contributed by atoms with Gasteiger partial charge in [-0.3, -0.25) is 0 Å². The first-order valence-corrected chi connectivity index (χ1v) is 9.33. The molecule has 0 saturated heterocycles. The van der Waals surface area contributed by atoms with Crippen molar-refractivity contribution in [1.29, 1.82) is 0 Å². The van der Waals surface area contributed by atoms with E-state index in [1.54, 1.807) is 6.07 Å². The highest BCUT2D eigenvalue weighted by Gasteiger charge is 2.21. The molecular formula is C24H21NO4. The summed E-state index contributed by atoms with van der Waals surface area (Å²) in [5, 5.41) is 14.1. The predicted molar refractivity (Wildman–Crippen MR) is 113 cm³/mol. The molecule has 1 heterocycles. The SMILES string of the molecule is Cc1ccc(OCc2ccccc2)c(C(=O)O)c1Nc1oc2ccccc2c1C. The van der Waals surface area contributed by atoms with E-state index in [2.05, 4.69) is 5.32 Å². The number of carboxylic acids is 1. The molecule has 0 atom stereocenters. The zero-order valence-electron chi connectivity index (χ0n) is 16.2. The van der Waals surface area contributed by atoms with Gasteiger partial charge in [-0.2, -0.15) is 0 Å². The fraction of sp³-hybridized carbons (Fsp3) is 0.125. The average molecular weight is 387 g/mol. The fourth-order valence-corrected chi connectivity index (χ4v) is 3.32. The Bertz CT molecular complexity index is 1180. The highest BCUT2D eigenvalue weighted by molar-refractivity contribution is 5.99. The monoisotopic (exact) mass is 387 g/mol. The minimum Gasteiger partial charge on any atom is -0.488 e. The number of benzene rings is 3. The number of anilines is 2. The number of rotatable bonds is 6. The van der Waals surface area contributed by atoms with E-state index < -0.39 is 5.97 Å². The summed E-state index contributed by atoms with van der Waals surface area (Å²) in [7, 11) is 0. The minimum atomic E-state index is -1.06. The highest BCUT2D eigenvalue weighted by Crippen LogP contribution is 2.36. The maximum Gasteiger partial charge on any atom is 0.341 e. The summed E-state index contributed by atoms with van der Waals surface area (Å²) < 4.78 is 11.8. The number of aryl methyl sites for hydroxylation is 2. The zero-order chi connectivity index (χ0) is 20.4. The van der Waals surface area contributed by atoms with Gasteiger partial charge < -0.3 is 19.6 Å². The van der Waals surface area contributed by atoms with Crippen molar-refractivity contribution < 1.29 is 19.1 Å². The molecule has 0 amide bonds. The minimum absolute atomic E-state index is 0.0841. The van der Waals surface area contributed by atoms with E-state index in [0.29, 0.717) is 17.3 Å². The van der Waals surface area contributed by atoms with Crippen molar-refractivity contribution in [3.8, 4) is 5.75 Å². The van der Waals surface area contributed by atoms with Crippen LogP contribution in [0.4, 0.5) is 11.6 Å². The van der Waals surface area contributed by atoms with Crippen LogP contribution in [0.15, 0.2) is 71.1 Å². The molecule has 0 unspecified atom stereocenters. The second-order valence-electron chi connectivity index (χ2n) is 6.89. The summed E-state index contributed by atoms with van der Waals surface area (Å²) in [6.45, 7) is 4.08. The van der Waals surface area contributed by atoms with Gasteiger partial charge in [0.1, 0.15) is 23.5 Å². The Morgan fingerprint density at radius 2 is 1.72 bits per heavy atom. The number of para-hydroxylation sites is 1. The van der Waals surface area contributed by atoms with Crippen molar-refractivity contribution in [2.45, 2.75) is 20.5 Å². The van der Waals surface area contributed by atoms with Crippen LogP contribution in [-0.4, -0.2) is 11.1 Å². The third kappa shape index (κ3) is 3.67. The molecule has 0 radical (unpaired) electrons. The van der Waals surface area contributed by atoms with Crippen LogP contribution in [0.3, 0.4) is 0 Å². The standard InChI is InChI=1S/C24H21NO4/c1-15-12-13-20(28-14-17-8-4-3-5-9-17)21(24(26)27)22(15)25-23-16(2)18-10-6-7-11-19(18)29-23/h3-13,25H,14H2,1-2H3,(H,26,27). The van der Waals surface area contributed by atoms with Gasteiger partial charge >= 0.3 is 5.97 Å². The molecule has 146 valence electrons. The van der Waals surface area contributed by atoms with E-state index in [4.69, 9.17) is 9.15 Å². The number of ether oxygens (including phenoxy) is 1. The van der Waals surface area contributed by atoms with Crippen LogP contribution in [0, 0.1) is 13.8 Å². The molecule has 1 aromatic heterocycles. The Balaban J connectivity index is 1.72. The molecule has 3 aromatic carbocycles. The number of carboxylic acid groups (broad SMARTS) is 1. The van der Waals surface area contributed by atoms with Gasteiger partial charge in [0.25, 0.3) is 0 Å². The van der Waals surface area contributed by atoms with Crippen LogP contribution in [0.1, 0.15) is 27.0 Å². The first-order valence-electron chi connectivity index (χ1n) is 9.33. The number of nitrogens with one attached hydrogen (secondary N) is 1. The predicted octanol–water partition coefficient (Wildman–Crippen LogP) is 6.07. The van der Waals surface area contributed by atoms with Gasteiger partial charge in [0.2, 0.25) is 5.88 Å². The maximum atomic E-state index is 12.1. The lowest BCUT2D eigenvalue weighted by Gasteiger charge is -2.16. The van der Waals surface area contributed by atoms with Crippen molar-refractivity contribution in [3.05, 3.63) is 89.0 Å². The third-order valence-corrected chi connectivity index (χ3v) is 4.91. The van der Waals surface area contributed by atoms with Crippen molar-refractivity contribution in [2.75, 3.05) is 5.32 Å². The van der Waals surface area contributed by atoms with E-state index >= 15 is 0 Å². The van der Waals surface area contributed by atoms with Crippen molar-refractivity contribution in [1.82, 2.24) is 0 Å². The van der Waals surface area contributed by atoms with E-state index in [9.17, 15) is 9.90 Å². The second kappa shape index (κ2) is 7.72. The molecule has 0 bridgehead atoms. The lowest BCUT2D eigenvalue weighted by atomic mass is 10.1. The quantitative estimate of drug-likeness (QED) is 0.420. The molecular weight excluding hydrogens is 366 g/mol. The number of fused-ring (bicyclic) bond motifs is 1. The van der Waals surface area contributed by atoms with Gasteiger partial charge in [0.15, 0.2) is 0 Å². The Kier molecular flexibility index (Phi) is 4.96. The molecule has 4 rings (SSSR count). The van der Waals surface area contributed by atoms with E-state index in [-0.39, 0.29) is 12.2 Å². The van der Waals surface area contributed by atoms with Crippen molar-refractivity contribution >= 4 is 28.5 Å². The van der Waals surface area contributed by atoms with Crippen LogP contribution in [0.2, 0.25) is 0 Å². The molecule has 0 spiro atoms. The molecule has 0 aliphatic carbocycles. The summed E-state index contributed by atoms with van der Waals surface area (Å²) >= 11 is 0. The molecule has 5 nitrogen and oxygen atoms in total. The van der Waals surface area contributed by atoms with Gasteiger partial charge in [-0.25, -0.2) is 4.79 Å². The summed E-state index contributed by atoms with van der Waals surface area (Å²) in [5.41, 5.74) is 3.97. The van der Waals surface area contributed by atoms with Crippen LogP contribution < -0.4 is 10.1 Å². The smallest absolute Gasteiger partial charge is 0.341 e. The Morgan fingerprint density at radius 1 is 1.00 bits per heavy atom. The Labute approximate surface area is 168 Å². The molecule has 5 heteroatoms. The van der Waals surface area contributed by atoms with Gasteiger partial charge in [0.05, 0.1) is 5.69 Å². The van der Waals surface area contributed by atoms with Crippen LogP contribution in [0.25, 0.3) is 11.0 Å². The van der Waals surface area contributed by atoms with Gasteiger partial charge in [-0.15, -0.1) is 0 Å². The molecule has 0 aliphatic heterocycles. The summed E-state index contributed by atoms with van der Waals surface area (Å²) in [5.74, 6) is -0.228. The van der Waals surface area contributed by atoms with Gasteiger partial charge in [0, 0.05) is 10.9 Å². The van der Waals surface area contributed by atoms with E-state index in [0.717, 1.165) is 27.7 Å². The summed E-state index contributed by atoms with van der Waals surface area (Å²) in [4.78, 5) is 12.1. The number of hydrogen-bond acceptors (Lipinski definition) is 4. The number of carbonyl (C=O) groups is 1. The molecule has 2 N–H and O–H groups in total. The van der Waals surface area contributed by atoms with Gasteiger partial charge in [-0.1, -0.05) is 54.6 Å². The molecule has 0 aliphatic rings. The first-order chi connectivity index (χ1) is 14.0. The molecule has 4 aromatic rings. The normalized spacial score (nSPS) is 10.8. The number of furan rings is 1. The molecule has 0 fully saturated rings. The number of aromatic carboxylic acids is 1. The molecule has 0 saturated carbocycles. The lowest BCUT2D eigenvalue weighted by molar-refractivity contribution is 0.0693. The van der Waals surface area contributed by atoms with Crippen molar-refractivity contribution in [3.63, 3.8) is 0 Å². The zero-order valence-corrected chi connectivity index (χ0v) is 16.2. The second-order valence-corrected chi connectivity index (χ2v) is 6.89. The first kappa shape index (κ1) is 18.6. The summed E-state index contributed by atoms with van der Waals surface area (Å²) in [6, 6.07) is 20.9. The van der Waals surface area contributed by atoms with Gasteiger partial charge in [-0.05, 0) is 37.1 Å². The van der Waals surface area contributed by atoms with Crippen LogP contribution in [0.5, 0.6) is 5.75 Å². The third-order valence-electron chi connectivity index (χ3n) is 4.91. The van der Waals surface area contributed by atoms with Crippen LogP contribution >= 0.6 is 0 Å². The topological polar surface area (TPSA) is 71.7 Å². The maximum absolute atomic E-state index is 12.1. The lowest BCUT2D eigenvalue weighted by Crippen LogP contribution is -2.08. The van der Waals surface area contributed by atoms with E-state index in [1.807, 2.05) is 74.5 Å².